The van der Waals surface area contributed by atoms with Gasteiger partial charge in [-0.1, -0.05) is 0 Å². The van der Waals surface area contributed by atoms with Crippen molar-refractivity contribution in [2.24, 2.45) is 0 Å². The average molecular weight is 291 g/mol. The van der Waals surface area contributed by atoms with Crippen molar-refractivity contribution in [1.82, 2.24) is 14.7 Å². The van der Waals surface area contributed by atoms with Crippen LogP contribution in [0.5, 0.6) is 0 Å². The predicted octanol–water partition coefficient (Wildman–Crippen LogP) is 1.63. The van der Waals surface area contributed by atoms with Gasteiger partial charge in [0.05, 0.1) is 13.2 Å². The van der Waals surface area contributed by atoms with Gasteiger partial charge in [0.25, 0.3) is 0 Å². The fourth-order valence-corrected chi connectivity index (χ4v) is 2.17. The Bertz CT molecular complexity index is 493. The minimum absolute atomic E-state index is 0.242. The number of aromatic nitrogens is 2. The summed E-state index contributed by atoms with van der Waals surface area (Å²) in [5, 5.41) is 3.51. The number of rotatable bonds is 2. The Morgan fingerprint density at radius 3 is 2.50 bits per heavy atom. The van der Waals surface area contributed by atoms with Crippen molar-refractivity contribution in [2.75, 3.05) is 26.3 Å². The highest BCUT2D eigenvalue weighted by Gasteiger charge is 2.36. The first-order valence-electron chi connectivity index (χ1n) is 6.30. The summed E-state index contributed by atoms with van der Waals surface area (Å²) in [4.78, 5) is 13.8. The Morgan fingerprint density at radius 2 is 2.00 bits per heavy atom. The van der Waals surface area contributed by atoms with Gasteiger partial charge in [-0.05, 0) is 19.9 Å². The van der Waals surface area contributed by atoms with Gasteiger partial charge < -0.3 is 9.64 Å². The summed E-state index contributed by atoms with van der Waals surface area (Å²) in [6.07, 6.45) is -4.50. The zero-order valence-electron chi connectivity index (χ0n) is 11.3. The van der Waals surface area contributed by atoms with Crippen molar-refractivity contribution in [2.45, 2.75) is 26.1 Å². The van der Waals surface area contributed by atoms with E-state index in [0.717, 1.165) is 10.7 Å². The molecule has 0 aliphatic carbocycles. The van der Waals surface area contributed by atoms with Crippen molar-refractivity contribution in [3.05, 3.63) is 17.5 Å². The minimum Gasteiger partial charge on any atom is -0.378 e. The maximum Gasteiger partial charge on any atom is 0.435 e. The van der Waals surface area contributed by atoms with Crippen LogP contribution in [0.15, 0.2) is 6.07 Å². The second-order valence-corrected chi connectivity index (χ2v) is 4.73. The first kappa shape index (κ1) is 14.8. The number of amides is 1. The Labute approximate surface area is 114 Å². The number of morpholine rings is 1. The molecule has 2 rings (SSSR count). The molecule has 0 spiro atoms. The normalized spacial score (nSPS) is 18.1. The lowest BCUT2D eigenvalue weighted by atomic mass is 10.2. The molecular formula is C12H16F3N3O2. The number of hydrogen-bond acceptors (Lipinski definition) is 3. The average Bonchev–Trinajstić information content (AvgIpc) is 2.80. The quantitative estimate of drug-likeness (QED) is 0.832. The summed E-state index contributed by atoms with van der Waals surface area (Å²) in [7, 11) is 0. The third-order valence-electron chi connectivity index (χ3n) is 3.26. The number of alkyl halides is 3. The molecule has 1 fully saturated rings. The molecule has 1 amide bonds. The maximum absolute atomic E-state index is 12.6. The van der Waals surface area contributed by atoms with Crippen LogP contribution >= 0.6 is 0 Å². The van der Waals surface area contributed by atoms with Crippen molar-refractivity contribution < 1.29 is 22.7 Å². The fourth-order valence-electron chi connectivity index (χ4n) is 2.17. The van der Waals surface area contributed by atoms with E-state index in [-0.39, 0.29) is 5.91 Å². The molecule has 1 aromatic rings. The van der Waals surface area contributed by atoms with E-state index in [4.69, 9.17) is 4.74 Å². The molecule has 8 heteroatoms. The van der Waals surface area contributed by atoms with E-state index in [1.54, 1.807) is 11.8 Å². The summed E-state index contributed by atoms with van der Waals surface area (Å²) in [6.45, 7) is 4.86. The number of nitrogens with zero attached hydrogens (tertiary/aromatic N) is 3. The molecule has 112 valence electrons. The van der Waals surface area contributed by atoms with Crippen LogP contribution in [-0.2, 0) is 15.7 Å². The van der Waals surface area contributed by atoms with Crippen LogP contribution in [0.25, 0.3) is 0 Å². The van der Waals surface area contributed by atoms with Gasteiger partial charge in [0, 0.05) is 18.8 Å². The van der Waals surface area contributed by atoms with E-state index >= 15 is 0 Å². The molecule has 0 bridgehead atoms. The van der Waals surface area contributed by atoms with Crippen molar-refractivity contribution >= 4 is 5.91 Å². The molecule has 1 saturated heterocycles. The molecule has 0 radical (unpaired) electrons. The van der Waals surface area contributed by atoms with Crippen molar-refractivity contribution in [1.29, 1.82) is 0 Å². The van der Waals surface area contributed by atoms with Gasteiger partial charge in [-0.2, -0.15) is 18.3 Å². The van der Waals surface area contributed by atoms with E-state index in [1.807, 2.05) is 0 Å². The zero-order valence-corrected chi connectivity index (χ0v) is 11.3. The number of aryl methyl sites for hydroxylation is 1. The summed E-state index contributed by atoms with van der Waals surface area (Å²) in [5.74, 6) is -0.242. The maximum atomic E-state index is 12.6. The molecule has 0 N–H and O–H groups in total. The first-order chi connectivity index (χ1) is 9.30. The molecule has 1 atom stereocenters. The van der Waals surface area contributed by atoms with Gasteiger partial charge >= 0.3 is 6.18 Å². The Balaban J connectivity index is 2.18. The molecule has 1 unspecified atom stereocenters. The third-order valence-corrected chi connectivity index (χ3v) is 3.26. The van der Waals surface area contributed by atoms with Crippen LogP contribution in [0.4, 0.5) is 13.2 Å². The van der Waals surface area contributed by atoms with Crippen LogP contribution in [0, 0.1) is 6.92 Å². The van der Waals surface area contributed by atoms with Crippen LogP contribution < -0.4 is 0 Å². The van der Waals surface area contributed by atoms with Gasteiger partial charge in [-0.15, -0.1) is 0 Å². The summed E-state index contributed by atoms with van der Waals surface area (Å²) in [6, 6.07) is 0.188. The molecule has 2 heterocycles. The number of carbonyl (C=O) groups excluding carboxylic acids is 1. The second-order valence-electron chi connectivity index (χ2n) is 4.73. The summed E-state index contributed by atoms with van der Waals surface area (Å²) in [5.41, 5.74) is -0.664. The van der Waals surface area contributed by atoms with E-state index in [1.165, 1.54) is 6.92 Å². The highest BCUT2D eigenvalue weighted by molar-refractivity contribution is 5.80. The molecule has 1 aliphatic rings. The largest absolute Gasteiger partial charge is 0.435 e. The molecular weight excluding hydrogens is 275 g/mol. The lowest BCUT2D eigenvalue weighted by Crippen LogP contribution is -2.44. The Morgan fingerprint density at radius 1 is 1.40 bits per heavy atom. The smallest absolute Gasteiger partial charge is 0.378 e. The van der Waals surface area contributed by atoms with Gasteiger partial charge in [0.1, 0.15) is 6.04 Å². The minimum atomic E-state index is -4.50. The standard InChI is InChI=1S/C12H16F3N3O2/c1-8-7-10(12(13,14)15)16-18(8)9(2)11(19)17-3-5-20-6-4-17/h7,9H,3-6H2,1-2H3. The summed E-state index contributed by atoms with van der Waals surface area (Å²) >= 11 is 0. The molecule has 1 aliphatic heterocycles. The van der Waals surface area contributed by atoms with Crippen LogP contribution in [0.2, 0.25) is 0 Å². The number of hydrogen-bond donors (Lipinski definition) is 0. The number of ether oxygens (including phenoxy) is 1. The van der Waals surface area contributed by atoms with Crippen LogP contribution in [0.3, 0.4) is 0 Å². The van der Waals surface area contributed by atoms with Crippen LogP contribution in [0.1, 0.15) is 24.4 Å². The monoisotopic (exact) mass is 291 g/mol. The number of halogens is 3. The third kappa shape index (κ3) is 2.95. The van der Waals surface area contributed by atoms with E-state index in [0.29, 0.717) is 32.0 Å². The molecule has 1 aromatic heterocycles. The van der Waals surface area contributed by atoms with Gasteiger partial charge in [0.2, 0.25) is 5.91 Å². The fraction of sp³-hybridized carbons (Fsp3) is 0.667. The first-order valence-corrected chi connectivity index (χ1v) is 6.30. The topological polar surface area (TPSA) is 47.4 Å². The van der Waals surface area contributed by atoms with Crippen LogP contribution in [-0.4, -0.2) is 46.9 Å². The van der Waals surface area contributed by atoms with E-state index in [9.17, 15) is 18.0 Å². The van der Waals surface area contributed by atoms with Gasteiger partial charge in [-0.3, -0.25) is 9.48 Å². The van der Waals surface area contributed by atoms with E-state index in [2.05, 4.69) is 5.10 Å². The lowest BCUT2D eigenvalue weighted by Gasteiger charge is -2.29. The van der Waals surface area contributed by atoms with Crippen molar-refractivity contribution in [3.63, 3.8) is 0 Å². The summed E-state index contributed by atoms with van der Waals surface area (Å²) < 4.78 is 44.1. The molecule has 5 nitrogen and oxygen atoms in total. The predicted molar refractivity (Wildman–Crippen MR) is 64.1 cm³/mol. The van der Waals surface area contributed by atoms with Gasteiger partial charge in [-0.25, -0.2) is 0 Å². The second kappa shape index (κ2) is 5.43. The van der Waals surface area contributed by atoms with Crippen molar-refractivity contribution in [3.8, 4) is 0 Å². The SMILES string of the molecule is Cc1cc(C(F)(F)F)nn1C(C)C(=O)N1CCOCC1. The molecule has 0 aromatic carbocycles. The lowest BCUT2D eigenvalue weighted by molar-refractivity contribution is -0.143. The Kier molecular flexibility index (Phi) is 4.03. The zero-order chi connectivity index (χ0) is 14.9. The molecule has 0 saturated carbocycles. The molecule has 20 heavy (non-hydrogen) atoms. The highest BCUT2D eigenvalue weighted by atomic mass is 19.4. The highest BCUT2D eigenvalue weighted by Crippen LogP contribution is 2.29. The Hall–Kier alpha value is -1.57. The van der Waals surface area contributed by atoms with E-state index < -0.39 is 17.9 Å². The van der Waals surface area contributed by atoms with Gasteiger partial charge in [0.15, 0.2) is 5.69 Å². The number of carbonyl (C=O) groups is 1.